The van der Waals surface area contributed by atoms with Gasteiger partial charge < -0.3 is 24.9 Å². The van der Waals surface area contributed by atoms with Crippen LogP contribution >= 0.6 is 0 Å². The van der Waals surface area contributed by atoms with Crippen LogP contribution < -0.4 is 10.1 Å². The number of fused-ring (bicyclic) bond motifs is 5. The highest BCUT2D eigenvalue weighted by molar-refractivity contribution is 5.96. The van der Waals surface area contributed by atoms with Crippen molar-refractivity contribution in [3.05, 3.63) is 41.5 Å². The topological polar surface area (TPSA) is 83.4 Å². The van der Waals surface area contributed by atoms with Gasteiger partial charge in [-0.05, 0) is 136 Å². The Morgan fingerprint density at radius 1 is 1.07 bits per heavy atom. The van der Waals surface area contributed by atoms with E-state index in [4.69, 9.17) is 9.57 Å². The fraction of sp³-hybridized carbons (Fsp3) is 0.737. The van der Waals surface area contributed by atoms with Crippen LogP contribution in [0.2, 0.25) is 0 Å². The van der Waals surface area contributed by atoms with Crippen LogP contribution in [-0.2, 0) is 15.0 Å². The molecule has 248 valence electrons. The predicted molar refractivity (Wildman–Crippen MR) is 179 cm³/mol. The van der Waals surface area contributed by atoms with E-state index in [9.17, 15) is 9.90 Å². The van der Waals surface area contributed by atoms with Gasteiger partial charge in [0.25, 0.3) is 5.91 Å². The third-order valence-electron chi connectivity index (χ3n) is 13.8. The minimum Gasteiger partial charge on any atom is -0.497 e. The van der Waals surface area contributed by atoms with Crippen molar-refractivity contribution in [1.82, 2.24) is 10.2 Å². The van der Waals surface area contributed by atoms with Gasteiger partial charge in [0.1, 0.15) is 5.75 Å². The predicted octanol–water partition coefficient (Wildman–Crippen LogP) is 6.50. The fourth-order valence-corrected chi connectivity index (χ4v) is 10.8. The Hall–Kier alpha value is -2.38. The van der Waals surface area contributed by atoms with Crippen molar-refractivity contribution in [3.8, 4) is 5.75 Å². The average Bonchev–Trinajstić information content (AvgIpc) is 3.33. The van der Waals surface area contributed by atoms with E-state index < -0.39 is 0 Å². The molecule has 4 fully saturated rings. The van der Waals surface area contributed by atoms with Gasteiger partial charge in [-0.25, -0.2) is 0 Å². The molecule has 0 radical (unpaired) electrons. The van der Waals surface area contributed by atoms with E-state index in [1.807, 2.05) is 0 Å². The van der Waals surface area contributed by atoms with Crippen LogP contribution in [0.25, 0.3) is 0 Å². The number of carbonyl (C=O) groups excluding carboxylic acids is 1. The molecule has 9 atom stereocenters. The van der Waals surface area contributed by atoms with E-state index in [0.29, 0.717) is 30.3 Å². The zero-order valence-electron chi connectivity index (χ0n) is 28.6. The van der Waals surface area contributed by atoms with E-state index in [1.165, 1.54) is 30.4 Å². The number of carbonyl (C=O) groups is 1. The second-order valence-electron chi connectivity index (χ2n) is 15.9. The summed E-state index contributed by atoms with van der Waals surface area (Å²) in [6.45, 7) is 11.1. The first-order valence-corrected chi connectivity index (χ1v) is 17.7. The van der Waals surface area contributed by atoms with Crippen molar-refractivity contribution in [2.45, 2.75) is 109 Å². The van der Waals surface area contributed by atoms with Crippen molar-refractivity contribution < 1.29 is 19.5 Å². The Labute approximate surface area is 271 Å². The van der Waals surface area contributed by atoms with Crippen LogP contribution in [0.3, 0.4) is 0 Å². The highest BCUT2D eigenvalue weighted by Crippen LogP contribution is 2.65. The highest BCUT2D eigenvalue weighted by atomic mass is 16.6. The number of aliphatic hydroxyl groups is 1. The van der Waals surface area contributed by atoms with E-state index in [0.717, 1.165) is 68.9 Å². The number of likely N-dealkylation sites (tertiary alicyclic amines) is 1. The number of rotatable bonds is 8. The van der Waals surface area contributed by atoms with Crippen LogP contribution in [0.4, 0.5) is 0 Å². The van der Waals surface area contributed by atoms with Crippen LogP contribution in [0.1, 0.15) is 97.5 Å². The summed E-state index contributed by atoms with van der Waals surface area (Å²) >= 11 is 0. The molecule has 45 heavy (non-hydrogen) atoms. The molecule has 2 N–H and O–H groups in total. The molecule has 5 aliphatic rings. The Balaban J connectivity index is 1.04. The molecular weight excluding hydrogens is 562 g/mol. The molecular formula is C38H57N3O4. The third kappa shape index (κ3) is 5.86. The molecule has 1 saturated heterocycles. The average molecular weight is 620 g/mol. The molecule has 0 aromatic heterocycles. The van der Waals surface area contributed by atoms with Crippen LogP contribution in [0.15, 0.2) is 41.1 Å². The molecule has 1 amide bonds. The number of piperidine rings is 1. The maximum atomic E-state index is 12.9. The van der Waals surface area contributed by atoms with E-state index in [1.54, 1.807) is 7.11 Å². The summed E-state index contributed by atoms with van der Waals surface area (Å²) in [7, 11) is 3.91. The lowest BCUT2D eigenvalue weighted by atomic mass is 9.47. The normalized spacial score (nSPS) is 40.6. The van der Waals surface area contributed by atoms with Gasteiger partial charge in [-0.15, -0.1) is 0 Å². The second-order valence-corrected chi connectivity index (χ2v) is 15.9. The van der Waals surface area contributed by atoms with Gasteiger partial charge in [0.15, 0.2) is 6.61 Å². The summed E-state index contributed by atoms with van der Waals surface area (Å²) in [6, 6.07) is 8.98. The fourth-order valence-electron chi connectivity index (χ4n) is 10.8. The number of methoxy groups -OCH3 is 1. The maximum absolute atomic E-state index is 12.9. The molecule has 7 nitrogen and oxygen atoms in total. The number of oxime groups is 1. The number of aliphatic hydroxyl groups excluding tert-OH is 1. The number of amides is 1. The molecule has 3 saturated carbocycles. The molecule has 1 aromatic carbocycles. The van der Waals surface area contributed by atoms with E-state index in [-0.39, 0.29) is 34.9 Å². The summed E-state index contributed by atoms with van der Waals surface area (Å²) in [6.07, 6.45) is 13.0. The monoisotopic (exact) mass is 619 g/mol. The first-order valence-electron chi connectivity index (χ1n) is 17.7. The van der Waals surface area contributed by atoms with Crippen LogP contribution in [0, 0.1) is 34.5 Å². The molecule has 1 aliphatic heterocycles. The van der Waals surface area contributed by atoms with Gasteiger partial charge in [-0.3, -0.25) is 4.79 Å². The van der Waals surface area contributed by atoms with Crippen LogP contribution in [0.5, 0.6) is 5.75 Å². The van der Waals surface area contributed by atoms with Gasteiger partial charge >= 0.3 is 0 Å². The van der Waals surface area contributed by atoms with Gasteiger partial charge in [0.2, 0.25) is 0 Å². The standard InChI is InChI=1S/C38H57N3O4/c1-25-23-41(5)26(2)22-38(25,27-7-10-30(44-6)11-8-27)19-20-39-35(43)24-45-40-29-15-17-36(3)28(21-29)9-12-31-32-13-14-34(42)37(32,4)18-16-33(31)36/h7-8,10-11,21,25-26,31-34,42H,9,12-20,22-24H2,1-6H3,(H,39,43)/t25-,26+,31-,32-,33-,34+,36-,37-,38+/m0/s1. The lowest BCUT2D eigenvalue weighted by Crippen LogP contribution is -2.52. The Morgan fingerprint density at radius 3 is 2.60 bits per heavy atom. The number of hydrogen-bond donors (Lipinski definition) is 2. The largest absolute Gasteiger partial charge is 0.497 e. The Kier molecular flexibility index (Phi) is 9.17. The number of benzene rings is 1. The first kappa shape index (κ1) is 32.6. The maximum Gasteiger partial charge on any atom is 0.260 e. The van der Waals surface area contributed by atoms with E-state index in [2.05, 4.69) is 80.5 Å². The van der Waals surface area contributed by atoms with Crippen molar-refractivity contribution in [2.24, 2.45) is 39.7 Å². The number of hydrogen-bond acceptors (Lipinski definition) is 6. The number of allylic oxidation sites excluding steroid dienone is 2. The number of nitrogens with one attached hydrogen (secondary N) is 1. The second kappa shape index (κ2) is 12.7. The zero-order valence-corrected chi connectivity index (χ0v) is 28.6. The van der Waals surface area contributed by atoms with Gasteiger partial charge in [0.05, 0.1) is 18.9 Å². The Morgan fingerprint density at radius 2 is 1.84 bits per heavy atom. The van der Waals surface area contributed by atoms with Gasteiger partial charge in [0, 0.05) is 24.5 Å². The van der Waals surface area contributed by atoms with Crippen molar-refractivity contribution in [1.29, 1.82) is 0 Å². The first-order chi connectivity index (χ1) is 21.5. The van der Waals surface area contributed by atoms with Crippen molar-refractivity contribution >= 4 is 11.6 Å². The molecule has 0 spiro atoms. The van der Waals surface area contributed by atoms with Crippen molar-refractivity contribution in [3.63, 3.8) is 0 Å². The number of nitrogens with zero attached hydrogens (tertiary/aromatic N) is 2. The van der Waals surface area contributed by atoms with Gasteiger partial charge in [-0.1, -0.05) is 43.6 Å². The van der Waals surface area contributed by atoms with Gasteiger partial charge in [-0.2, -0.15) is 0 Å². The molecule has 4 aliphatic carbocycles. The summed E-state index contributed by atoms with van der Waals surface area (Å²) in [4.78, 5) is 21.0. The number of ether oxygens (including phenoxy) is 1. The molecule has 0 unspecified atom stereocenters. The molecule has 7 heteroatoms. The summed E-state index contributed by atoms with van der Waals surface area (Å²) in [5.74, 6) is 3.30. The smallest absolute Gasteiger partial charge is 0.260 e. The summed E-state index contributed by atoms with van der Waals surface area (Å²) < 4.78 is 5.42. The molecule has 6 rings (SSSR count). The molecule has 0 bridgehead atoms. The lowest BCUT2D eigenvalue weighted by Gasteiger charge is -2.57. The minimum absolute atomic E-state index is 0.0129. The zero-order chi connectivity index (χ0) is 32.0. The van der Waals surface area contributed by atoms with Crippen molar-refractivity contribution in [2.75, 3.05) is 33.9 Å². The van der Waals surface area contributed by atoms with E-state index >= 15 is 0 Å². The van der Waals surface area contributed by atoms with Crippen LogP contribution in [-0.4, -0.2) is 67.6 Å². The highest BCUT2D eigenvalue weighted by Gasteiger charge is 2.58. The summed E-state index contributed by atoms with van der Waals surface area (Å²) in [5, 5.41) is 18.4. The quantitative estimate of drug-likeness (QED) is 0.325. The summed E-state index contributed by atoms with van der Waals surface area (Å²) in [5.41, 5.74) is 4.14. The third-order valence-corrected chi connectivity index (χ3v) is 13.8. The molecule has 1 heterocycles. The minimum atomic E-state index is -0.122. The molecule has 1 aromatic rings. The SMILES string of the molecule is COc1ccc([C@]2(CCNC(=O)CON=C3C=C4CC[C@H]5[C@@H]6CC[C@@H](O)[C@@]6(C)CC[C@@H]5[C@@]4(C)CC3)C[C@@H](C)N(C)C[C@@H]2C)cc1. The Bertz CT molecular complexity index is 1290. The lowest BCUT2D eigenvalue weighted by molar-refractivity contribution is -0.125.